The molecule has 0 spiro atoms. The molecule has 0 N–H and O–H groups in total. The van der Waals surface area contributed by atoms with E-state index in [9.17, 15) is 13.6 Å². The van der Waals surface area contributed by atoms with Gasteiger partial charge in [-0.1, -0.05) is 6.07 Å². The molecule has 0 amide bonds. The Balaban J connectivity index is 1.90. The highest BCUT2D eigenvalue weighted by Crippen LogP contribution is 2.36. The summed E-state index contributed by atoms with van der Waals surface area (Å²) in [4.78, 5) is 16.0. The van der Waals surface area contributed by atoms with Crippen molar-refractivity contribution >= 4 is 5.78 Å². The third-order valence-corrected chi connectivity index (χ3v) is 3.25. The molecule has 1 aromatic heterocycles. The van der Waals surface area contributed by atoms with Gasteiger partial charge in [-0.05, 0) is 25.0 Å². The number of hydrogen-bond acceptors (Lipinski definition) is 2. The average molecular weight is 239 g/mol. The van der Waals surface area contributed by atoms with E-state index >= 15 is 0 Å². The molecule has 2 nitrogen and oxygen atoms in total. The molecule has 2 rings (SSSR count). The molecule has 0 bridgehead atoms. The van der Waals surface area contributed by atoms with E-state index in [0.29, 0.717) is 12.8 Å². The lowest BCUT2D eigenvalue weighted by atomic mass is 9.83. The molecular formula is C13H15F2NO. The number of carbonyl (C=O) groups excluding carboxylic acids is 1. The van der Waals surface area contributed by atoms with Crippen LogP contribution in [-0.2, 0) is 11.2 Å². The minimum Gasteiger partial charge on any atom is -0.299 e. The van der Waals surface area contributed by atoms with Crippen LogP contribution in [0.3, 0.4) is 0 Å². The number of ketones is 1. The summed E-state index contributed by atoms with van der Waals surface area (Å²) >= 11 is 0. The second-order valence-corrected chi connectivity index (χ2v) is 4.59. The molecule has 1 aliphatic carbocycles. The molecule has 0 atom stereocenters. The Kier molecular flexibility index (Phi) is 3.50. The van der Waals surface area contributed by atoms with Crippen molar-refractivity contribution in [3.05, 3.63) is 30.1 Å². The standard InChI is InChI=1S/C13H15F2NO/c14-13(15)6-4-10(5-7-13)12(17)9-11-3-1-2-8-16-11/h1-3,8,10H,4-7,9H2. The highest BCUT2D eigenvalue weighted by molar-refractivity contribution is 5.82. The molecule has 1 aromatic rings. The van der Waals surface area contributed by atoms with E-state index in [1.54, 1.807) is 18.3 Å². The second kappa shape index (κ2) is 4.90. The highest BCUT2D eigenvalue weighted by Gasteiger charge is 2.37. The molecule has 0 aromatic carbocycles. The van der Waals surface area contributed by atoms with Crippen molar-refractivity contribution in [3.63, 3.8) is 0 Å². The van der Waals surface area contributed by atoms with Gasteiger partial charge in [-0.25, -0.2) is 8.78 Å². The van der Waals surface area contributed by atoms with Gasteiger partial charge >= 0.3 is 0 Å². The summed E-state index contributed by atoms with van der Waals surface area (Å²) in [5, 5.41) is 0. The summed E-state index contributed by atoms with van der Waals surface area (Å²) in [5.41, 5.74) is 0.717. The van der Waals surface area contributed by atoms with Crippen LogP contribution in [0.2, 0.25) is 0 Å². The van der Waals surface area contributed by atoms with Gasteiger partial charge in [-0.15, -0.1) is 0 Å². The van der Waals surface area contributed by atoms with Gasteiger partial charge < -0.3 is 0 Å². The number of alkyl halides is 2. The molecule has 0 unspecified atom stereocenters. The molecule has 1 aliphatic rings. The monoisotopic (exact) mass is 239 g/mol. The van der Waals surface area contributed by atoms with Crippen LogP contribution in [0.4, 0.5) is 8.78 Å². The van der Waals surface area contributed by atoms with E-state index in [4.69, 9.17) is 0 Å². The van der Waals surface area contributed by atoms with Gasteiger partial charge in [0, 0.05) is 37.1 Å². The van der Waals surface area contributed by atoms with Gasteiger partial charge in [0.2, 0.25) is 5.92 Å². The van der Waals surface area contributed by atoms with Crippen molar-refractivity contribution in [2.75, 3.05) is 0 Å². The summed E-state index contributed by atoms with van der Waals surface area (Å²) in [5.74, 6) is -2.74. The van der Waals surface area contributed by atoms with Crippen molar-refractivity contribution in [3.8, 4) is 0 Å². The van der Waals surface area contributed by atoms with Gasteiger partial charge in [-0.2, -0.15) is 0 Å². The van der Waals surface area contributed by atoms with Gasteiger partial charge in [0.25, 0.3) is 0 Å². The first-order valence-electron chi connectivity index (χ1n) is 5.87. The number of hydrogen-bond donors (Lipinski definition) is 0. The third-order valence-electron chi connectivity index (χ3n) is 3.25. The minimum atomic E-state index is -2.57. The summed E-state index contributed by atoms with van der Waals surface area (Å²) in [6.07, 6.45) is 2.18. The summed E-state index contributed by atoms with van der Waals surface area (Å²) in [7, 11) is 0. The lowest BCUT2D eigenvalue weighted by molar-refractivity contribution is -0.126. The lowest BCUT2D eigenvalue weighted by Crippen LogP contribution is -2.29. The first-order valence-corrected chi connectivity index (χ1v) is 5.87. The third kappa shape index (κ3) is 3.32. The molecule has 1 saturated carbocycles. The molecule has 0 saturated heterocycles. The van der Waals surface area contributed by atoms with E-state index in [-0.39, 0.29) is 31.0 Å². The van der Waals surface area contributed by atoms with Crippen LogP contribution >= 0.6 is 0 Å². The molecule has 0 radical (unpaired) electrons. The number of nitrogens with zero attached hydrogens (tertiary/aromatic N) is 1. The number of aromatic nitrogens is 1. The van der Waals surface area contributed by atoms with Crippen LogP contribution < -0.4 is 0 Å². The van der Waals surface area contributed by atoms with Gasteiger partial charge in [0.1, 0.15) is 5.78 Å². The average Bonchev–Trinajstić information content (AvgIpc) is 2.30. The fourth-order valence-electron chi connectivity index (χ4n) is 2.19. The van der Waals surface area contributed by atoms with Crippen molar-refractivity contribution in [2.24, 2.45) is 5.92 Å². The van der Waals surface area contributed by atoms with Crippen molar-refractivity contribution in [2.45, 2.75) is 38.0 Å². The number of carbonyl (C=O) groups is 1. The summed E-state index contributed by atoms with van der Waals surface area (Å²) < 4.78 is 25.9. The number of pyridine rings is 1. The van der Waals surface area contributed by atoms with Crippen LogP contribution in [0, 0.1) is 5.92 Å². The van der Waals surface area contributed by atoms with E-state index in [0.717, 1.165) is 5.69 Å². The Hall–Kier alpha value is -1.32. The van der Waals surface area contributed by atoms with Crippen LogP contribution in [0.1, 0.15) is 31.4 Å². The lowest BCUT2D eigenvalue weighted by Gasteiger charge is -2.27. The maximum atomic E-state index is 12.9. The van der Waals surface area contributed by atoms with E-state index in [1.807, 2.05) is 6.07 Å². The molecule has 4 heteroatoms. The smallest absolute Gasteiger partial charge is 0.248 e. The maximum absolute atomic E-state index is 12.9. The second-order valence-electron chi connectivity index (χ2n) is 4.59. The predicted molar refractivity (Wildman–Crippen MR) is 59.9 cm³/mol. The Morgan fingerprint density at radius 3 is 2.65 bits per heavy atom. The molecular weight excluding hydrogens is 224 g/mol. The summed E-state index contributed by atoms with van der Waals surface area (Å²) in [6.45, 7) is 0. The van der Waals surface area contributed by atoms with E-state index < -0.39 is 5.92 Å². The molecule has 0 aliphatic heterocycles. The Morgan fingerprint density at radius 1 is 1.35 bits per heavy atom. The molecule has 1 fully saturated rings. The van der Waals surface area contributed by atoms with Crippen LogP contribution in [0.15, 0.2) is 24.4 Å². The number of Topliss-reactive ketones (excluding diaryl/α,β-unsaturated/α-hetero) is 1. The maximum Gasteiger partial charge on any atom is 0.248 e. The summed E-state index contributed by atoms with van der Waals surface area (Å²) in [6, 6.07) is 5.40. The topological polar surface area (TPSA) is 30.0 Å². The highest BCUT2D eigenvalue weighted by atomic mass is 19.3. The van der Waals surface area contributed by atoms with Gasteiger partial charge in [0.05, 0.1) is 0 Å². The predicted octanol–water partition coefficient (Wildman–Crippen LogP) is 3.02. The molecule has 92 valence electrons. The van der Waals surface area contributed by atoms with Crippen LogP contribution in [0.5, 0.6) is 0 Å². The number of halogens is 2. The van der Waals surface area contributed by atoms with Gasteiger partial charge in [0.15, 0.2) is 0 Å². The molecule has 1 heterocycles. The SMILES string of the molecule is O=C(Cc1ccccn1)C1CCC(F)(F)CC1. The van der Waals surface area contributed by atoms with Crippen molar-refractivity contribution in [1.82, 2.24) is 4.98 Å². The zero-order chi connectivity index (χ0) is 12.3. The number of rotatable bonds is 3. The zero-order valence-electron chi connectivity index (χ0n) is 9.53. The van der Waals surface area contributed by atoms with Crippen molar-refractivity contribution in [1.29, 1.82) is 0 Å². The van der Waals surface area contributed by atoms with E-state index in [2.05, 4.69) is 4.98 Å². The first-order chi connectivity index (χ1) is 8.07. The first kappa shape index (κ1) is 12.1. The minimum absolute atomic E-state index is 0.0409. The molecule has 17 heavy (non-hydrogen) atoms. The Bertz CT molecular complexity index is 382. The fourth-order valence-corrected chi connectivity index (χ4v) is 2.19. The van der Waals surface area contributed by atoms with Crippen molar-refractivity contribution < 1.29 is 13.6 Å². The fraction of sp³-hybridized carbons (Fsp3) is 0.538. The normalized spacial score (nSPS) is 20.1. The van der Waals surface area contributed by atoms with Gasteiger partial charge in [-0.3, -0.25) is 9.78 Å². The van der Waals surface area contributed by atoms with E-state index in [1.165, 1.54) is 0 Å². The largest absolute Gasteiger partial charge is 0.299 e. The van der Waals surface area contributed by atoms with Crippen LogP contribution in [-0.4, -0.2) is 16.7 Å². The Labute approximate surface area is 99.1 Å². The quantitative estimate of drug-likeness (QED) is 0.811. The zero-order valence-corrected chi connectivity index (χ0v) is 9.53. The Morgan fingerprint density at radius 2 is 2.06 bits per heavy atom. The van der Waals surface area contributed by atoms with Crippen LogP contribution in [0.25, 0.3) is 0 Å².